The monoisotopic (exact) mass is 450 g/mol. The topological polar surface area (TPSA) is 81.8 Å². The number of nitrogens with one attached hydrogen (secondary N) is 2. The van der Waals surface area contributed by atoms with E-state index in [1.807, 2.05) is 30.3 Å². The SMILES string of the molecule is CC(NC(=O)c1ccc(C(C)(C)C)cc1)C(=O)NCC(=O)N1CCN(c2ccccc2)CC1. The van der Waals surface area contributed by atoms with Crippen LogP contribution in [0.2, 0.25) is 0 Å². The van der Waals surface area contributed by atoms with Crippen molar-refractivity contribution < 1.29 is 14.4 Å². The highest BCUT2D eigenvalue weighted by molar-refractivity contribution is 5.98. The maximum atomic E-state index is 12.5. The van der Waals surface area contributed by atoms with Gasteiger partial charge in [0.1, 0.15) is 6.04 Å². The number of benzene rings is 2. The van der Waals surface area contributed by atoms with Crippen LogP contribution in [0, 0.1) is 0 Å². The molecule has 0 bridgehead atoms. The molecule has 1 fully saturated rings. The number of hydrogen-bond donors (Lipinski definition) is 2. The van der Waals surface area contributed by atoms with Crippen LogP contribution in [0.1, 0.15) is 43.6 Å². The molecular formula is C26H34N4O3. The molecule has 7 heteroatoms. The summed E-state index contributed by atoms with van der Waals surface area (Å²) in [6.45, 7) is 10.6. The normalized spacial score (nSPS) is 15.0. The number of rotatable bonds is 6. The second-order valence-electron chi connectivity index (χ2n) is 9.44. The first-order valence-corrected chi connectivity index (χ1v) is 11.4. The van der Waals surface area contributed by atoms with Gasteiger partial charge in [0, 0.05) is 37.4 Å². The molecule has 3 rings (SSSR count). The molecule has 1 aliphatic rings. The van der Waals surface area contributed by atoms with Gasteiger partial charge in [0.15, 0.2) is 0 Å². The van der Waals surface area contributed by atoms with Crippen LogP contribution in [0.15, 0.2) is 54.6 Å². The molecule has 0 aliphatic carbocycles. The van der Waals surface area contributed by atoms with Gasteiger partial charge in [-0.2, -0.15) is 0 Å². The first-order valence-electron chi connectivity index (χ1n) is 11.4. The fourth-order valence-corrected chi connectivity index (χ4v) is 3.75. The van der Waals surface area contributed by atoms with Crippen LogP contribution in [0.25, 0.3) is 0 Å². The van der Waals surface area contributed by atoms with Gasteiger partial charge >= 0.3 is 0 Å². The zero-order valence-corrected chi connectivity index (χ0v) is 19.9. The second-order valence-corrected chi connectivity index (χ2v) is 9.44. The van der Waals surface area contributed by atoms with Crippen LogP contribution in [-0.4, -0.2) is 61.4 Å². The standard InChI is InChI=1S/C26H34N4O3/c1-19(28-25(33)20-10-12-21(13-11-20)26(2,3)4)24(32)27-18-23(31)30-16-14-29(15-17-30)22-8-6-5-7-9-22/h5-13,19H,14-18H2,1-4H3,(H,27,32)(H,28,33). The molecule has 3 amide bonds. The Morgan fingerprint density at radius 2 is 1.52 bits per heavy atom. The van der Waals surface area contributed by atoms with Crippen molar-refractivity contribution in [2.24, 2.45) is 0 Å². The predicted octanol–water partition coefficient (Wildman–Crippen LogP) is 2.57. The zero-order valence-electron chi connectivity index (χ0n) is 19.9. The molecule has 176 valence electrons. The van der Waals surface area contributed by atoms with Gasteiger partial charge in [0.05, 0.1) is 6.54 Å². The van der Waals surface area contributed by atoms with E-state index in [1.54, 1.807) is 24.0 Å². The van der Waals surface area contributed by atoms with Crippen molar-refractivity contribution in [3.63, 3.8) is 0 Å². The van der Waals surface area contributed by atoms with Crippen LogP contribution in [0.4, 0.5) is 5.69 Å². The third-order valence-electron chi connectivity index (χ3n) is 5.92. The van der Waals surface area contributed by atoms with E-state index in [0.717, 1.165) is 24.3 Å². The summed E-state index contributed by atoms with van der Waals surface area (Å²) >= 11 is 0. The second kappa shape index (κ2) is 10.5. The minimum absolute atomic E-state index is 0.00289. The fourth-order valence-electron chi connectivity index (χ4n) is 3.75. The molecule has 2 N–H and O–H groups in total. The summed E-state index contributed by atoms with van der Waals surface area (Å²) in [5.74, 6) is -0.820. The zero-order chi connectivity index (χ0) is 24.0. The van der Waals surface area contributed by atoms with Gasteiger partial charge in [-0.05, 0) is 42.2 Å². The quantitative estimate of drug-likeness (QED) is 0.709. The summed E-state index contributed by atoms with van der Waals surface area (Å²) in [5, 5.41) is 5.35. The largest absolute Gasteiger partial charge is 0.368 e. The molecule has 1 saturated heterocycles. The number of hydrogen-bond acceptors (Lipinski definition) is 4. The van der Waals surface area contributed by atoms with Crippen LogP contribution in [-0.2, 0) is 15.0 Å². The summed E-state index contributed by atoms with van der Waals surface area (Å²) in [5.41, 5.74) is 2.78. The third kappa shape index (κ3) is 6.57. The summed E-state index contributed by atoms with van der Waals surface area (Å²) in [4.78, 5) is 41.4. The molecule has 1 atom stereocenters. The Morgan fingerprint density at radius 3 is 2.09 bits per heavy atom. The maximum absolute atomic E-state index is 12.5. The van der Waals surface area contributed by atoms with Gasteiger partial charge in [0.2, 0.25) is 11.8 Å². The van der Waals surface area contributed by atoms with E-state index in [0.29, 0.717) is 18.7 Å². The van der Waals surface area contributed by atoms with Crippen molar-refractivity contribution >= 4 is 23.4 Å². The van der Waals surface area contributed by atoms with Crippen LogP contribution >= 0.6 is 0 Å². The molecule has 0 aromatic heterocycles. The lowest BCUT2D eigenvalue weighted by Gasteiger charge is -2.36. The number of nitrogens with zero attached hydrogens (tertiary/aromatic N) is 2. The molecule has 7 nitrogen and oxygen atoms in total. The Labute approximate surface area is 196 Å². The van der Waals surface area contributed by atoms with Gasteiger partial charge in [-0.1, -0.05) is 51.1 Å². The van der Waals surface area contributed by atoms with Crippen LogP contribution < -0.4 is 15.5 Å². The fraction of sp³-hybridized carbons (Fsp3) is 0.423. The molecule has 0 radical (unpaired) electrons. The Balaban J connectivity index is 1.42. The van der Waals surface area contributed by atoms with E-state index in [2.05, 4.69) is 48.4 Å². The average molecular weight is 451 g/mol. The number of carbonyl (C=O) groups is 3. The van der Waals surface area contributed by atoms with Crippen molar-refractivity contribution in [1.82, 2.24) is 15.5 Å². The number of para-hydroxylation sites is 1. The molecular weight excluding hydrogens is 416 g/mol. The molecule has 1 heterocycles. The Morgan fingerprint density at radius 1 is 0.909 bits per heavy atom. The van der Waals surface area contributed by atoms with Gasteiger partial charge < -0.3 is 20.4 Å². The average Bonchev–Trinajstić information content (AvgIpc) is 2.82. The number of carbonyl (C=O) groups excluding carboxylic acids is 3. The van der Waals surface area contributed by atoms with E-state index in [9.17, 15) is 14.4 Å². The van der Waals surface area contributed by atoms with E-state index < -0.39 is 6.04 Å². The van der Waals surface area contributed by atoms with Crippen molar-refractivity contribution in [1.29, 1.82) is 0 Å². The molecule has 1 unspecified atom stereocenters. The van der Waals surface area contributed by atoms with Crippen LogP contribution in [0.3, 0.4) is 0 Å². The Hall–Kier alpha value is -3.35. The summed E-state index contributed by atoms with van der Waals surface area (Å²) in [7, 11) is 0. The highest BCUT2D eigenvalue weighted by Gasteiger charge is 2.23. The molecule has 2 aromatic carbocycles. The van der Waals surface area contributed by atoms with E-state index in [-0.39, 0.29) is 29.7 Å². The Bertz CT molecular complexity index is 959. The lowest BCUT2D eigenvalue weighted by Crippen LogP contribution is -2.52. The summed E-state index contributed by atoms with van der Waals surface area (Å²) < 4.78 is 0. The van der Waals surface area contributed by atoms with Gasteiger partial charge in [0.25, 0.3) is 5.91 Å². The molecule has 2 aromatic rings. The van der Waals surface area contributed by atoms with E-state index in [1.165, 1.54) is 0 Å². The third-order valence-corrected chi connectivity index (χ3v) is 5.92. The number of piperazine rings is 1. The van der Waals surface area contributed by atoms with Gasteiger partial charge in [-0.15, -0.1) is 0 Å². The minimum Gasteiger partial charge on any atom is -0.368 e. The van der Waals surface area contributed by atoms with Crippen molar-refractivity contribution in [2.75, 3.05) is 37.6 Å². The van der Waals surface area contributed by atoms with Crippen LogP contribution in [0.5, 0.6) is 0 Å². The van der Waals surface area contributed by atoms with Crippen molar-refractivity contribution in [2.45, 2.75) is 39.2 Å². The first-order chi connectivity index (χ1) is 15.6. The molecule has 0 saturated carbocycles. The molecule has 0 spiro atoms. The molecule has 33 heavy (non-hydrogen) atoms. The minimum atomic E-state index is -0.748. The molecule has 1 aliphatic heterocycles. The van der Waals surface area contributed by atoms with E-state index in [4.69, 9.17) is 0 Å². The summed E-state index contributed by atoms with van der Waals surface area (Å²) in [6.07, 6.45) is 0. The van der Waals surface area contributed by atoms with Gasteiger partial charge in [-0.3, -0.25) is 14.4 Å². The number of amides is 3. The van der Waals surface area contributed by atoms with Gasteiger partial charge in [-0.25, -0.2) is 0 Å². The lowest BCUT2D eigenvalue weighted by molar-refractivity contribution is -0.133. The number of anilines is 1. The highest BCUT2D eigenvalue weighted by Crippen LogP contribution is 2.22. The Kier molecular flexibility index (Phi) is 7.74. The van der Waals surface area contributed by atoms with Crippen molar-refractivity contribution in [3.8, 4) is 0 Å². The first kappa shape index (κ1) is 24.3. The smallest absolute Gasteiger partial charge is 0.251 e. The predicted molar refractivity (Wildman–Crippen MR) is 130 cm³/mol. The van der Waals surface area contributed by atoms with Crippen molar-refractivity contribution in [3.05, 3.63) is 65.7 Å². The lowest BCUT2D eigenvalue weighted by atomic mass is 9.86. The van der Waals surface area contributed by atoms with E-state index >= 15 is 0 Å². The summed E-state index contributed by atoms with van der Waals surface area (Å²) in [6, 6.07) is 16.7. The highest BCUT2D eigenvalue weighted by atomic mass is 16.2. The maximum Gasteiger partial charge on any atom is 0.251 e.